The molecule has 1 aromatic carbocycles. The molecular weight excluding hydrogens is 205 g/mol. The third-order valence-electron chi connectivity index (χ3n) is 1.88. The minimum atomic E-state index is -0.338. The Hall–Kier alpha value is -1.39. The predicted octanol–water partition coefficient (Wildman–Crippen LogP) is 2.08. The SMILES string of the molecule is Cl.NNc1ccnc2c(F)cccc12. The van der Waals surface area contributed by atoms with Crippen molar-refractivity contribution in [2.75, 3.05) is 5.43 Å². The molecule has 2 aromatic rings. The summed E-state index contributed by atoms with van der Waals surface area (Å²) in [5.74, 6) is 4.93. The summed E-state index contributed by atoms with van der Waals surface area (Å²) in [6.07, 6.45) is 1.51. The zero-order valence-electron chi connectivity index (χ0n) is 7.20. The van der Waals surface area contributed by atoms with Gasteiger partial charge in [-0.3, -0.25) is 10.8 Å². The van der Waals surface area contributed by atoms with E-state index in [9.17, 15) is 4.39 Å². The Bertz CT molecular complexity index is 447. The first-order chi connectivity index (χ1) is 6.33. The second-order valence-electron chi connectivity index (χ2n) is 2.64. The van der Waals surface area contributed by atoms with Crippen LogP contribution in [-0.2, 0) is 0 Å². The highest BCUT2D eigenvalue weighted by Gasteiger charge is 2.03. The number of nitrogen functional groups attached to an aromatic ring is 1. The number of aromatic nitrogens is 1. The van der Waals surface area contributed by atoms with E-state index in [1.165, 1.54) is 12.3 Å². The number of halogens is 2. The van der Waals surface area contributed by atoms with Gasteiger partial charge in [-0.2, -0.15) is 0 Å². The molecule has 0 saturated carbocycles. The van der Waals surface area contributed by atoms with Crippen molar-refractivity contribution >= 4 is 29.0 Å². The molecule has 74 valence electrons. The Labute approximate surface area is 86.5 Å². The third kappa shape index (κ3) is 1.62. The fourth-order valence-electron chi connectivity index (χ4n) is 1.27. The standard InChI is InChI=1S/C9H8FN3.ClH/c10-7-3-1-2-6-8(13-11)4-5-12-9(6)7;/h1-5H,11H2,(H,12,13);1H. The summed E-state index contributed by atoms with van der Waals surface area (Å²) in [5.41, 5.74) is 3.49. The molecular formula is C9H9ClFN3. The van der Waals surface area contributed by atoms with Gasteiger partial charge in [-0.05, 0) is 12.1 Å². The number of nitrogens with two attached hydrogens (primary N) is 1. The molecule has 0 unspecified atom stereocenters. The summed E-state index contributed by atoms with van der Waals surface area (Å²) >= 11 is 0. The second kappa shape index (κ2) is 4.21. The number of anilines is 1. The van der Waals surface area contributed by atoms with Crippen molar-refractivity contribution in [2.24, 2.45) is 5.84 Å². The Morgan fingerprint density at radius 2 is 2.07 bits per heavy atom. The van der Waals surface area contributed by atoms with E-state index in [1.54, 1.807) is 18.2 Å². The van der Waals surface area contributed by atoms with Crippen LogP contribution in [0.3, 0.4) is 0 Å². The lowest BCUT2D eigenvalue weighted by atomic mass is 10.2. The molecule has 0 saturated heterocycles. The highest BCUT2D eigenvalue weighted by atomic mass is 35.5. The van der Waals surface area contributed by atoms with Crippen LogP contribution in [0.25, 0.3) is 10.9 Å². The van der Waals surface area contributed by atoms with E-state index < -0.39 is 0 Å². The van der Waals surface area contributed by atoms with E-state index in [-0.39, 0.29) is 18.2 Å². The van der Waals surface area contributed by atoms with Gasteiger partial charge in [-0.15, -0.1) is 12.4 Å². The van der Waals surface area contributed by atoms with Gasteiger partial charge in [0.1, 0.15) is 11.3 Å². The number of hydrogen-bond acceptors (Lipinski definition) is 3. The number of fused-ring (bicyclic) bond motifs is 1. The van der Waals surface area contributed by atoms with Crippen molar-refractivity contribution in [1.29, 1.82) is 0 Å². The molecule has 0 fully saturated rings. The van der Waals surface area contributed by atoms with Crippen molar-refractivity contribution in [3.05, 3.63) is 36.3 Å². The van der Waals surface area contributed by atoms with E-state index in [0.717, 1.165) is 0 Å². The molecule has 0 amide bonds. The van der Waals surface area contributed by atoms with Gasteiger partial charge in [0.15, 0.2) is 0 Å². The number of pyridine rings is 1. The molecule has 0 aliphatic rings. The van der Waals surface area contributed by atoms with Crippen LogP contribution < -0.4 is 11.3 Å². The molecule has 3 N–H and O–H groups in total. The zero-order valence-corrected chi connectivity index (χ0v) is 8.01. The normalized spacial score (nSPS) is 9.57. The summed E-state index contributed by atoms with van der Waals surface area (Å²) in [6.45, 7) is 0. The molecule has 0 aliphatic heterocycles. The van der Waals surface area contributed by atoms with E-state index in [1.807, 2.05) is 0 Å². The highest BCUT2D eigenvalue weighted by molar-refractivity contribution is 5.90. The average Bonchev–Trinajstić information content (AvgIpc) is 2.18. The van der Waals surface area contributed by atoms with Gasteiger partial charge in [0.2, 0.25) is 0 Å². The van der Waals surface area contributed by atoms with Crippen molar-refractivity contribution < 1.29 is 4.39 Å². The van der Waals surface area contributed by atoms with Gasteiger partial charge in [-0.1, -0.05) is 12.1 Å². The molecule has 5 heteroatoms. The molecule has 0 bridgehead atoms. The summed E-state index contributed by atoms with van der Waals surface area (Å²) in [4.78, 5) is 3.92. The van der Waals surface area contributed by atoms with Crippen LogP contribution >= 0.6 is 12.4 Å². The molecule has 14 heavy (non-hydrogen) atoms. The maximum atomic E-state index is 13.2. The molecule has 1 aromatic heterocycles. The third-order valence-corrected chi connectivity index (χ3v) is 1.88. The smallest absolute Gasteiger partial charge is 0.149 e. The Morgan fingerprint density at radius 1 is 1.29 bits per heavy atom. The fraction of sp³-hybridized carbons (Fsp3) is 0. The van der Waals surface area contributed by atoms with Crippen LogP contribution in [0, 0.1) is 5.82 Å². The molecule has 0 atom stereocenters. The Balaban J connectivity index is 0.000000980. The van der Waals surface area contributed by atoms with Crippen LogP contribution in [0.1, 0.15) is 0 Å². The van der Waals surface area contributed by atoms with Crippen molar-refractivity contribution in [1.82, 2.24) is 4.98 Å². The van der Waals surface area contributed by atoms with Crippen LogP contribution in [0.15, 0.2) is 30.5 Å². The minimum Gasteiger partial charge on any atom is -0.323 e. The number of hydrogen-bond donors (Lipinski definition) is 2. The second-order valence-corrected chi connectivity index (χ2v) is 2.64. The molecule has 3 nitrogen and oxygen atoms in total. The lowest BCUT2D eigenvalue weighted by Gasteiger charge is -2.04. The zero-order chi connectivity index (χ0) is 9.26. The summed E-state index contributed by atoms with van der Waals surface area (Å²) in [6, 6.07) is 6.46. The minimum absolute atomic E-state index is 0. The highest BCUT2D eigenvalue weighted by Crippen LogP contribution is 2.21. The van der Waals surface area contributed by atoms with Gasteiger partial charge in [-0.25, -0.2) is 4.39 Å². The van der Waals surface area contributed by atoms with E-state index in [2.05, 4.69) is 10.4 Å². The Morgan fingerprint density at radius 3 is 2.79 bits per heavy atom. The number of nitrogens with one attached hydrogen (secondary N) is 1. The topological polar surface area (TPSA) is 50.9 Å². The van der Waals surface area contributed by atoms with E-state index in [4.69, 9.17) is 5.84 Å². The number of rotatable bonds is 1. The van der Waals surface area contributed by atoms with Crippen molar-refractivity contribution in [3.8, 4) is 0 Å². The monoisotopic (exact) mass is 213 g/mol. The van der Waals surface area contributed by atoms with E-state index in [0.29, 0.717) is 16.6 Å². The fourth-order valence-corrected chi connectivity index (χ4v) is 1.27. The van der Waals surface area contributed by atoms with Crippen molar-refractivity contribution in [2.45, 2.75) is 0 Å². The molecule has 0 radical (unpaired) electrons. The van der Waals surface area contributed by atoms with Crippen LogP contribution in [0.4, 0.5) is 10.1 Å². The van der Waals surface area contributed by atoms with Crippen LogP contribution in [0.5, 0.6) is 0 Å². The first-order valence-electron chi connectivity index (χ1n) is 3.83. The first-order valence-corrected chi connectivity index (χ1v) is 3.83. The summed E-state index contributed by atoms with van der Waals surface area (Å²) in [5, 5.41) is 0.685. The lowest BCUT2D eigenvalue weighted by molar-refractivity contribution is 0.637. The summed E-state index contributed by atoms with van der Waals surface area (Å²) < 4.78 is 13.2. The molecule has 2 rings (SSSR count). The van der Waals surface area contributed by atoms with Crippen LogP contribution in [-0.4, -0.2) is 4.98 Å². The largest absolute Gasteiger partial charge is 0.323 e. The van der Waals surface area contributed by atoms with Crippen molar-refractivity contribution in [3.63, 3.8) is 0 Å². The summed E-state index contributed by atoms with van der Waals surface area (Å²) in [7, 11) is 0. The molecule has 0 aliphatic carbocycles. The van der Waals surface area contributed by atoms with Crippen LogP contribution in [0.2, 0.25) is 0 Å². The number of para-hydroxylation sites is 1. The van der Waals surface area contributed by atoms with Gasteiger partial charge in [0, 0.05) is 11.6 Å². The maximum Gasteiger partial charge on any atom is 0.149 e. The Kier molecular flexibility index (Phi) is 3.22. The molecule has 0 spiro atoms. The number of hydrazine groups is 1. The van der Waals surface area contributed by atoms with Gasteiger partial charge in [0.05, 0.1) is 5.69 Å². The predicted molar refractivity (Wildman–Crippen MR) is 56.8 cm³/mol. The number of benzene rings is 1. The maximum absolute atomic E-state index is 13.2. The van der Waals surface area contributed by atoms with Gasteiger partial charge < -0.3 is 5.43 Å². The quantitative estimate of drug-likeness (QED) is 0.563. The van der Waals surface area contributed by atoms with Gasteiger partial charge in [0.25, 0.3) is 0 Å². The lowest BCUT2D eigenvalue weighted by Crippen LogP contribution is -2.07. The van der Waals surface area contributed by atoms with Gasteiger partial charge >= 0.3 is 0 Å². The molecule has 1 heterocycles. The first kappa shape index (κ1) is 10.7. The van der Waals surface area contributed by atoms with E-state index >= 15 is 0 Å². The average molecular weight is 214 g/mol. The number of nitrogens with zero attached hydrogens (tertiary/aromatic N) is 1.